The Labute approximate surface area is 91.0 Å². The fourth-order valence-corrected chi connectivity index (χ4v) is 2.84. The lowest BCUT2D eigenvalue weighted by Crippen LogP contribution is -2.44. The molecule has 15 heavy (non-hydrogen) atoms. The van der Waals surface area contributed by atoms with Crippen LogP contribution in [0.4, 0.5) is 0 Å². The summed E-state index contributed by atoms with van der Waals surface area (Å²) in [5.74, 6) is 3.96. The molecule has 0 radical (unpaired) electrons. The second-order valence-electron chi connectivity index (χ2n) is 4.49. The largest absolute Gasteiger partial charge is 0.354 e. The molecule has 0 aromatic rings. The monoisotopic (exact) mass is 206 g/mol. The molecule has 82 valence electrons. The van der Waals surface area contributed by atoms with Crippen LogP contribution in [0.3, 0.4) is 0 Å². The maximum atomic E-state index is 11.8. The zero-order valence-electron chi connectivity index (χ0n) is 8.96. The van der Waals surface area contributed by atoms with Crippen molar-refractivity contribution in [3.63, 3.8) is 0 Å². The van der Waals surface area contributed by atoms with E-state index < -0.39 is 0 Å². The Bertz CT molecular complexity index is 282. The van der Waals surface area contributed by atoms with Crippen LogP contribution < -0.4 is 10.6 Å². The lowest BCUT2D eigenvalue weighted by atomic mass is 9.93. The molecular weight excluding hydrogens is 188 g/mol. The molecule has 3 nitrogen and oxygen atoms in total. The van der Waals surface area contributed by atoms with Gasteiger partial charge in [0.1, 0.15) is 0 Å². The van der Waals surface area contributed by atoms with Gasteiger partial charge in [-0.05, 0) is 31.2 Å². The minimum absolute atomic E-state index is 0.0373. The van der Waals surface area contributed by atoms with E-state index >= 15 is 0 Å². The summed E-state index contributed by atoms with van der Waals surface area (Å²) in [6, 6.07) is 0.0373. The lowest BCUT2D eigenvalue weighted by molar-refractivity contribution is -0.123. The highest BCUT2D eigenvalue weighted by molar-refractivity contribution is 5.82. The molecule has 2 fully saturated rings. The summed E-state index contributed by atoms with van der Waals surface area (Å²) in [4.78, 5) is 11.8. The number of rotatable bonds is 3. The van der Waals surface area contributed by atoms with Gasteiger partial charge in [0.05, 0.1) is 6.04 Å². The SMILES string of the molecule is C#CCCNC(=O)C1NCC2CCCC21. The summed E-state index contributed by atoms with van der Waals surface area (Å²) in [7, 11) is 0. The molecule has 1 aliphatic heterocycles. The first kappa shape index (κ1) is 10.5. The van der Waals surface area contributed by atoms with E-state index in [2.05, 4.69) is 16.6 Å². The summed E-state index contributed by atoms with van der Waals surface area (Å²) in [5.41, 5.74) is 0. The van der Waals surface area contributed by atoms with Crippen LogP contribution in [0.15, 0.2) is 0 Å². The molecule has 1 saturated carbocycles. The average molecular weight is 206 g/mol. The normalized spacial score (nSPS) is 33.4. The molecule has 0 bridgehead atoms. The van der Waals surface area contributed by atoms with E-state index in [1.165, 1.54) is 19.3 Å². The van der Waals surface area contributed by atoms with Gasteiger partial charge >= 0.3 is 0 Å². The highest BCUT2D eigenvalue weighted by atomic mass is 16.2. The van der Waals surface area contributed by atoms with Gasteiger partial charge in [-0.25, -0.2) is 0 Å². The molecule has 2 rings (SSSR count). The van der Waals surface area contributed by atoms with Crippen LogP contribution in [0.25, 0.3) is 0 Å². The van der Waals surface area contributed by atoms with Crippen molar-refractivity contribution in [2.45, 2.75) is 31.7 Å². The molecule has 3 atom stereocenters. The Morgan fingerprint density at radius 3 is 3.20 bits per heavy atom. The highest BCUT2D eigenvalue weighted by Crippen LogP contribution is 2.37. The molecular formula is C12H18N2O. The second-order valence-corrected chi connectivity index (χ2v) is 4.49. The van der Waals surface area contributed by atoms with Crippen LogP contribution in [-0.2, 0) is 4.79 Å². The van der Waals surface area contributed by atoms with E-state index in [0.717, 1.165) is 12.5 Å². The van der Waals surface area contributed by atoms with Crippen molar-refractivity contribution in [1.29, 1.82) is 0 Å². The third-order valence-corrected chi connectivity index (χ3v) is 3.60. The van der Waals surface area contributed by atoms with Crippen molar-refractivity contribution in [2.24, 2.45) is 11.8 Å². The lowest BCUT2D eigenvalue weighted by Gasteiger charge is -2.17. The van der Waals surface area contributed by atoms with Gasteiger partial charge in [-0.3, -0.25) is 4.79 Å². The van der Waals surface area contributed by atoms with Crippen LogP contribution in [0.5, 0.6) is 0 Å². The van der Waals surface area contributed by atoms with Crippen molar-refractivity contribution in [2.75, 3.05) is 13.1 Å². The van der Waals surface area contributed by atoms with E-state index in [-0.39, 0.29) is 11.9 Å². The summed E-state index contributed by atoms with van der Waals surface area (Å²) in [6.07, 6.45) is 9.52. The predicted octanol–water partition coefficient (Wildman–Crippen LogP) is 0.514. The molecule has 1 amide bonds. The summed E-state index contributed by atoms with van der Waals surface area (Å²) >= 11 is 0. The standard InChI is InChI=1S/C12H18N2O/c1-2-3-7-13-12(15)11-10-6-4-5-9(10)8-14-11/h1,9-11,14H,3-8H2,(H,13,15). The van der Waals surface area contributed by atoms with E-state index in [9.17, 15) is 4.79 Å². The molecule has 3 unspecified atom stereocenters. The van der Waals surface area contributed by atoms with Crippen LogP contribution in [0.1, 0.15) is 25.7 Å². The van der Waals surface area contributed by atoms with Crippen molar-refractivity contribution >= 4 is 5.91 Å². The minimum atomic E-state index is 0.0373. The van der Waals surface area contributed by atoms with E-state index in [4.69, 9.17) is 6.42 Å². The average Bonchev–Trinajstić information content (AvgIpc) is 2.78. The molecule has 0 aromatic carbocycles. The Morgan fingerprint density at radius 2 is 2.40 bits per heavy atom. The number of terminal acetylenes is 1. The third kappa shape index (κ3) is 2.15. The number of hydrogen-bond acceptors (Lipinski definition) is 2. The first-order valence-corrected chi connectivity index (χ1v) is 5.77. The van der Waals surface area contributed by atoms with Crippen LogP contribution in [0, 0.1) is 24.2 Å². The fourth-order valence-electron chi connectivity index (χ4n) is 2.84. The van der Waals surface area contributed by atoms with Gasteiger partial charge in [0.2, 0.25) is 5.91 Å². The summed E-state index contributed by atoms with van der Waals surface area (Å²) in [5, 5.41) is 6.22. The number of carbonyl (C=O) groups is 1. The maximum Gasteiger partial charge on any atom is 0.237 e. The van der Waals surface area contributed by atoms with Crippen LogP contribution >= 0.6 is 0 Å². The third-order valence-electron chi connectivity index (χ3n) is 3.60. The van der Waals surface area contributed by atoms with Crippen molar-refractivity contribution < 1.29 is 4.79 Å². The van der Waals surface area contributed by atoms with Crippen molar-refractivity contribution in [1.82, 2.24) is 10.6 Å². The van der Waals surface area contributed by atoms with Gasteiger partial charge in [-0.2, -0.15) is 0 Å². The van der Waals surface area contributed by atoms with E-state index in [1.807, 2.05) is 0 Å². The van der Waals surface area contributed by atoms with Crippen LogP contribution in [-0.4, -0.2) is 25.0 Å². The highest BCUT2D eigenvalue weighted by Gasteiger charge is 2.42. The molecule has 3 heteroatoms. The molecule has 1 aliphatic carbocycles. The van der Waals surface area contributed by atoms with E-state index in [1.54, 1.807) is 0 Å². The molecule has 2 aliphatic rings. The fraction of sp³-hybridized carbons (Fsp3) is 0.750. The zero-order chi connectivity index (χ0) is 10.7. The quantitative estimate of drug-likeness (QED) is 0.522. The Kier molecular flexibility index (Phi) is 3.27. The van der Waals surface area contributed by atoms with Gasteiger partial charge in [0, 0.05) is 13.0 Å². The summed E-state index contributed by atoms with van der Waals surface area (Å²) < 4.78 is 0. The first-order chi connectivity index (χ1) is 7.33. The van der Waals surface area contributed by atoms with Gasteiger partial charge in [0.15, 0.2) is 0 Å². The number of fused-ring (bicyclic) bond motifs is 1. The molecule has 1 heterocycles. The number of hydrogen-bond donors (Lipinski definition) is 2. The van der Waals surface area contributed by atoms with Gasteiger partial charge in [0.25, 0.3) is 0 Å². The topological polar surface area (TPSA) is 41.1 Å². The molecule has 2 N–H and O–H groups in total. The Balaban J connectivity index is 1.83. The predicted molar refractivity (Wildman–Crippen MR) is 59.1 cm³/mol. The maximum absolute atomic E-state index is 11.8. The number of carbonyl (C=O) groups excluding carboxylic acids is 1. The zero-order valence-corrected chi connectivity index (χ0v) is 8.96. The number of amides is 1. The first-order valence-electron chi connectivity index (χ1n) is 5.77. The minimum Gasteiger partial charge on any atom is -0.354 e. The van der Waals surface area contributed by atoms with Crippen molar-refractivity contribution in [3.05, 3.63) is 0 Å². The van der Waals surface area contributed by atoms with Gasteiger partial charge < -0.3 is 10.6 Å². The molecule has 0 aromatic heterocycles. The second kappa shape index (κ2) is 4.67. The van der Waals surface area contributed by atoms with Crippen LogP contribution in [0.2, 0.25) is 0 Å². The molecule has 0 spiro atoms. The van der Waals surface area contributed by atoms with E-state index in [0.29, 0.717) is 18.9 Å². The number of nitrogens with one attached hydrogen (secondary N) is 2. The molecule has 1 saturated heterocycles. The Morgan fingerprint density at radius 1 is 1.53 bits per heavy atom. The smallest absolute Gasteiger partial charge is 0.237 e. The van der Waals surface area contributed by atoms with Gasteiger partial charge in [-0.15, -0.1) is 12.3 Å². The van der Waals surface area contributed by atoms with Gasteiger partial charge in [-0.1, -0.05) is 6.42 Å². The Hall–Kier alpha value is -1.01. The van der Waals surface area contributed by atoms with Crippen molar-refractivity contribution in [3.8, 4) is 12.3 Å². The summed E-state index contributed by atoms with van der Waals surface area (Å²) in [6.45, 7) is 1.61.